The summed E-state index contributed by atoms with van der Waals surface area (Å²) in [5.74, 6) is 1.58. The van der Waals surface area contributed by atoms with Gasteiger partial charge in [0.1, 0.15) is 11.5 Å². The molecule has 0 spiro atoms. The molecule has 2 rings (SSSR count). The third-order valence-electron chi connectivity index (χ3n) is 2.61. The van der Waals surface area contributed by atoms with Crippen LogP contribution in [0.5, 0.6) is 11.5 Å². The second-order valence-electron chi connectivity index (χ2n) is 4.49. The van der Waals surface area contributed by atoms with Crippen LogP contribution in [0, 0.1) is 0 Å². The molecule has 19 heavy (non-hydrogen) atoms. The molecule has 0 fully saturated rings. The number of benzene rings is 2. The van der Waals surface area contributed by atoms with E-state index in [1.165, 1.54) is 0 Å². The highest BCUT2D eigenvalue weighted by atomic mass is 79.9. The fourth-order valence-corrected chi connectivity index (χ4v) is 2.24. The maximum Gasteiger partial charge on any atom is 0.130 e. The van der Waals surface area contributed by atoms with E-state index in [2.05, 4.69) is 15.9 Å². The molecule has 0 radical (unpaired) electrons. The first-order chi connectivity index (χ1) is 9.04. The minimum absolute atomic E-state index is 0.0609. The zero-order valence-corrected chi connectivity index (χ0v) is 12.9. The van der Waals surface area contributed by atoms with Gasteiger partial charge in [-0.1, -0.05) is 27.5 Å². The van der Waals surface area contributed by atoms with Gasteiger partial charge in [-0.15, -0.1) is 0 Å². The molecule has 0 heterocycles. The van der Waals surface area contributed by atoms with Crippen molar-refractivity contribution in [1.82, 2.24) is 0 Å². The van der Waals surface area contributed by atoms with Crippen LogP contribution in [0.25, 0.3) is 0 Å². The van der Waals surface area contributed by atoms with E-state index < -0.39 is 0 Å². The van der Waals surface area contributed by atoms with Crippen molar-refractivity contribution in [3.8, 4) is 11.5 Å². The van der Waals surface area contributed by atoms with E-state index >= 15 is 0 Å². The van der Waals surface area contributed by atoms with E-state index in [1.54, 1.807) is 0 Å². The van der Waals surface area contributed by atoms with Crippen molar-refractivity contribution in [3.63, 3.8) is 0 Å². The van der Waals surface area contributed by atoms with Gasteiger partial charge in [0.2, 0.25) is 0 Å². The lowest BCUT2D eigenvalue weighted by atomic mass is 10.1. The average molecular weight is 341 g/mol. The highest BCUT2D eigenvalue weighted by Crippen LogP contribution is 2.29. The zero-order chi connectivity index (χ0) is 13.8. The first-order valence-electron chi connectivity index (χ1n) is 6.02. The van der Waals surface area contributed by atoms with Gasteiger partial charge < -0.3 is 10.5 Å². The standard InChI is InChI=1S/C15H15BrClNO/c1-10(18)8-11-9-13(17)4-7-15(11)19-14-5-2-12(16)3-6-14/h2-7,9-10H,8,18H2,1H3. The topological polar surface area (TPSA) is 35.2 Å². The predicted molar refractivity (Wildman–Crippen MR) is 83.0 cm³/mol. The Morgan fingerprint density at radius 3 is 2.53 bits per heavy atom. The molecule has 0 bridgehead atoms. The third kappa shape index (κ3) is 4.23. The van der Waals surface area contributed by atoms with Gasteiger partial charge in [-0.05, 0) is 61.4 Å². The Hall–Kier alpha value is -1.03. The SMILES string of the molecule is CC(N)Cc1cc(Cl)ccc1Oc1ccc(Br)cc1. The molecule has 0 saturated heterocycles. The summed E-state index contributed by atoms with van der Waals surface area (Å²) in [5, 5.41) is 0.693. The summed E-state index contributed by atoms with van der Waals surface area (Å²) in [4.78, 5) is 0. The molecule has 0 amide bonds. The Labute approximate surface area is 126 Å². The maximum absolute atomic E-state index is 6.02. The summed E-state index contributed by atoms with van der Waals surface area (Å²) >= 11 is 9.42. The van der Waals surface area contributed by atoms with Gasteiger partial charge in [0, 0.05) is 15.5 Å². The molecule has 0 aliphatic carbocycles. The largest absolute Gasteiger partial charge is 0.457 e. The minimum Gasteiger partial charge on any atom is -0.457 e. The van der Waals surface area contributed by atoms with Crippen molar-refractivity contribution in [2.24, 2.45) is 5.73 Å². The molecule has 100 valence electrons. The van der Waals surface area contributed by atoms with Crippen LogP contribution in [0.3, 0.4) is 0 Å². The molecular formula is C15H15BrClNO. The first kappa shape index (κ1) is 14.4. The summed E-state index contributed by atoms with van der Waals surface area (Å²) in [5.41, 5.74) is 6.87. The van der Waals surface area contributed by atoms with E-state index in [-0.39, 0.29) is 6.04 Å². The van der Waals surface area contributed by atoms with Crippen molar-refractivity contribution < 1.29 is 4.74 Å². The molecule has 0 saturated carbocycles. The quantitative estimate of drug-likeness (QED) is 0.869. The van der Waals surface area contributed by atoms with Crippen LogP contribution in [-0.2, 0) is 6.42 Å². The molecule has 2 aromatic carbocycles. The number of hydrogen-bond donors (Lipinski definition) is 1. The van der Waals surface area contributed by atoms with Crippen LogP contribution in [-0.4, -0.2) is 6.04 Å². The van der Waals surface area contributed by atoms with Gasteiger partial charge in [0.25, 0.3) is 0 Å². The van der Waals surface area contributed by atoms with Crippen molar-refractivity contribution >= 4 is 27.5 Å². The van der Waals surface area contributed by atoms with Crippen molar-refractivity contribution in [3.05, 3.63) is 57.5 Å². The Kier molecular flexibility index (Phi) is 4.86. The highest BCUT2D eigenvalue weighted by molar-refractivity contribution is 9.10. The average Bonchev–Trinajstić information content (AvgIpc) is 2.34. The lowest BCUT2D eigenvalue weighted by molar-refractivity contribution is 0.474. The molecule has 1 atom stereocenters. The molecule has 2 nitrogen and oxygen atoms in total. The molecule has 2 N–H and O–H groups in total. The zero-order valence-electron chi connectivity index (χ0n) is 10.6. The monoisotopic (exact) mass is 339 g/mol. The van der Waals surface area contributed by atoms with Gasteiger partial charge >= 0.3 is 0 Å². The van der Waals surface area contributed by atoms with Gasteiger partial charge in [0.15, 0.2) is 0 Å². The van der Waals surface area contributed by atoms with Crippen LogP contribution in [0.1, 0.15) is 12.5 Å². The van der Waals surface area contributed by atoms with Crippen LogP contribution in [0.2, 0.25) is 5.02 Å². The molecule has 1 unspecified atom stereocenters. The number of halogens is 2. The minimum atomic E-state index is 0.0609. The van der Waals surface area contributed by atoms with Gasteiger partial charge in [-0.2, -0.15) is 0 Å². The fraction of sp³-hybridized carbons (Fsp3) is 0.200. The molecule has 0 aliphatic heterocycles. The molecule has 2 aromatic rings. The van der Waals surface area contributed by atoms with Crippen molar-refractivity contribution in [1.29, 1.82) is 0 Å². The highest BCUT2D eigenvalue weighted by Gasteiger charge is 2.08. The van der Waals surface area contributed by atoms with Crippen LogP contribution >= 0.6 is 27.5 Å². The summed E-state index contributed by atoms with van der Waals surface area (Å²) in [6.07, 6.45) is 0.729. The summed E-state index contributed by atoms with van der Waals surface area (Å²) < 4.78 is 6.91. The summed E-state index contributed by atoms with van der Waals surface area (Å²) in [6.45, 7) is 1.96. The first-order valence-corrected chi connectivity index (χ1v) is 7.19. The number of nitrogens with two attached hydrogens (primary N) is 1. The lowest BCUT2D eigenvalue weighted by Crippen LogP contribution is -2.18. The number of rotatable bonds is 4. The van der Waals surface area contributed by atoms with Gasteiger partial charge in [-0.25, -0.2) is 0 Å². The second-order valence-corrected chi connectivity index (χ2v) is 5.84. The van der Waals surface area contributed by atoms with E-state index in [9.17, 15) is 0 Å². The predicted octanol–water partition coefficient (Wildman–Crippen LogP) is 4.78. The smallest absolute Gasteiger partial charge is 0.130 e. The lowest BCUT2D eigenvalue weighted by Gasteiger charge is -2.13. The van der Waals surface area contributed by atoms with E-state index in [0.29, 0.717) is 5.02 Å². The Morgan fingerprint density at radius 2 is 1.89 bits per heavy atom. The van der Waals surface area contributed by atoms with E-state index in [1.807, 2.05) is 49.4 Å². The van der Waals surface area contributed by atoms with E-state index in [4.69, 9.17) is 22.1 Å². The van der Waals surface area contributed by atoms with Crippen molar-refractivity contribution in [2.45, 2.75) is 19.4 Å². The maximum atomic E-state index is 6.02. The fourth-order valence-electron chi connectivity index (χ4n) is 1.78. The third-order valence-corrected chi connectivity index (χ3v) is 3.37. The Morgan fingerprint density at radius 1 is 1.21 bits per heavy atom. The van der Waals surface area contributed by atoms with Crippen molar-refractivity contribution in [2.75, 3.05) is 0 Å². The van der Waals surface area contributed by atoms with Crippen LogP contribution in [0.4, 0.5) is 0 Å². The summed E-state index contributed by atoms with van der Waals surface area (Å²) in [6, 6.07) is 13.4. The molecule has 4 heteroatoms. The number of ether oxygens (including phenoxy) is 1. The number of hydrogen-bond acceptors (Lipinski definition) is 2. The van der Waals surface area contributed by atoms with Crippen LogP contribution < -0.4 is 10.5 Å². The molecule has 0 aliphatic rings. The molecular weight excluding hydrogens is 326 g/mol. The Balaban J connectivity index is 2.26. The Bertz CT molecular complexity index is 555. The van der Waals surface area contributed by atoms with Gasteiger partial charge in [-0.3, -0.25) is 0 Å². The normalized spacial score (nSPS) is 12.2. The second kappa shape index (κ2) is 6.42. The summed E-state index contributed by atoms with van der Waals surface area (Å²) in [7, 11) is 0. The molecule has 0 aromatic heterocycles. The van der Waals surface area contributed by atoms with E-state index in [0.717, 1.165) is 28.0 Å². The van der Waals surface area contributed by atoms with Gasteiger partial charge in [0.05, 0.1) is 0 Å². The van der Waals surface area contributed by atoms with Crippen LogP contribution in [0.15, 0.2) is 46.9 Å².